The Hall–Kier alpha value is -2.51. The molecule has 1 aromatic carbocycles. The van der Waals surface area contributed by atoms with E-state index in [2.05, 4.69) is 15.0 Å². The zero-order chi connectivity index (χ0) is 13.9. The number of amides is 1. The zero-order valence-electron chi connectivity index (χ0n) is 9.39. The minimum Gasteiger partial charge on any atom is -0.406 e. The Morgan fingerprint density at radius 2 is 2.16 bits per heavy atom. The van der Waals surface area contributed by atoms with Crippen LogP contribution in [0.25, 0.3) is 0 Å². The fourth-order valence-corrected chi connectivity index (χ4v) is 1.34. The third kappa shape index (κ3) is 3.73. The lowest BCUT2D eigenvalue weighted by Gasteiger charge is -2.10. The lowest BCUT2D eigenvalue weighted by molar-refractivity contribution is -0.274. The van der Waals surface area contributed by atoms with Crippen molar-refractivity contribution in [3.05, 3.63) is 43.0 Å². The molecule has 0 spiro atoms. The first-order valence-corrected chi connectivity index (χ1v) is 5.09. The van der Waals surface area contributed by atoms with E-state index in [1.807, 2.05) is 0 Å². The first kappa shape index (κ1) is 12.9. The van der Waals surface area contributed by atoms with Crippen LogP contribution in [0, 0.1) is 0 Å². The fourth-order valence-electron chi connectivity index (χ4n) is 1.34. The molecule has 1 aromatic heterocycles. The van der Waals surface area contributed by atoms with Gasteiger partial charge in [0.25, 0.3) is 0 Å². The summed E-state index contributed by atoms with van der Waals surface area (Å²) in [6.07, 6.45) is -0.688. The van der Waals surface area contributed by atoms with E-state index in [-0.39, 0.29) is 5.69 Å². The maximum Gasteiger partial charge on any atom is 0.573 e. The summed E-state index contributed by atoms with van der Waals surface area (Å²) in [5, 5.41) is 2.41. The molecule has 0 saturated heterocycles. The van der Waals surface area contributed by atoms with E-state index in [4.69, 9.17) is 0 Å². The van der Waals surface area contributed by atoms with Gasteiger partial charge in [0.15, 0.2) is 0 Å². The lowest BCUT2D eigenvalue weighted by Crippen LogP contribution is -2.19. The average molecular weight is 271 g/mol. The van der Waals surface area contributed by atoms with Crippen molar-refractivity contribution >= 4 is 11.7 Å². The molecule has 2 aromatic rings. The van der Waals surface area contributed by atoms with Gasteiger partial charge in [-0.1, -0.05) is 6.07 Å². The molecule has 0 atom stereocenters. The van der Waals surface area contributed by atoms with Crippen LogP contribution in [0.3, 0.4) is 0 Å². The minimum absolute atomic E-state index is 0.181. The van der Waals surface area contributed by atoms with Gasteiger partial charge in [0.05, 0.1) is 0 Å². The van der Waals surface area contributed by atoms with Crippen LogP contribution in [0.1, 0.15) is 0 Å². The van der Waals surface area contributed by atoms with E-state index in [0.717, 1.165) is 16.7 Å². The number of halogens is 3. The minimum atomic E-state index is -4.77. The second-order valence-corrected chi connectivity index (χ2v) is 3.48. The Morgan fingerprint density at radius 3 is 2.79 bits per heavy atom. The zero-order valence-corrected chi connectivity index (χ0v) is 9.39. The van der Waals surface area contributed by atoms with Crippen molar-refractivity contribution in [1.29, 1.82) is 0 Å². The number of hydrogen-bond acceptors (Lipinski definition) is 3. The van der Waals surface area contributed by atoms with Gasteiger partial charge in [-0.3, -0.25) is 4.57 Å². The van der Waals surface area contributed by atoms with Gasteiger partial charge in [0, 0.05) is 24.1 Å². The van der Waals surface area contributed by atoms with Crippen molar-refractivity contribution in [1.82, 2.24) is 9.55 Å². The van der Waals surface area contributed by atoms with Crippen LogP contribution in [0.5, 0.6) is 5.75 Å². The molecule has 0 aliphatic rings. The number of ether oxygens (including phenoxy) is 1. The van der Waals surface area contributed by atoms with E-state index >= 15 is 0 Å². The van der Waals surface area contributed by atoms with Crippen molar-refractivity contribution in [2.45, 2.75) is 6.36 Å². The van der Waals surface area contributed by atoms with Crippen LogP contribution in [0.15, 0.2) is 43.0 Å². The van der Waals surface area contributed by atoms with Crippen LogP contribution in [-0.4, -0.2) is 21.9 Å². The molecule has 2 rings (SSSR count). The number of alkyl halides is 3. The number of carbonyl (C=O) groups is 1. The molecule has 100 valence electrons. The Morgan fingerprint density at radius 1 is 1.37 bits per heavy atom. The van der Waals surface area contributed by atoms with Crippen LogP contribution < -0.4 is 10.1 Å². The van der Waals surface area contributed by atoms with E-state index in [1.54, 1.807) is 0 Å². The standard InChI is InChI=1S/C11H8F3N3O2/c12-11(13,14)19-9-3-1-2-8(6-9)16-10(18)17-5-4-15-7-17/h1-7H,(H,16,18). The molecule has 1 N–H and O–H groups in total. The molecule has 0 unspecified atom stereocenters. The van der Waals surface area contributed by atoms with Gasteiger partial charge in [-0.15, -0.1) is 13.2 Å². The number of carbonyl (C=O) groups excluding carboxylic acids is 1. The quantitative estimate of drug-likeness (QED) is 0.913. The maximum atomic E-state index is 12.0. The third-order valence-electron chi connectivity index (χ3n) is 2.06. The highest BCUT2D eigenvalue weighted by Gasteiger charge is 2.31. The monoisotopic (exact) mass is 271 g/mol. The fraction of sp³-hybridized carbons (Fsp3) is 0.0909. The molecule has 0 aliphatic carbocycles. The predicted octanol–water partition coefficient (Wildman–Crippen LogP) is 2.86. The number of imidazole rings is 1. The Bertz CT molecular complexity index is 567. The maximum absolute atomic E-state index is 12.0. The first-order valence-electron chi connectivity index (χ1n) is 5.09. The average Bonchev–Trinajstić information content (AvgIpc) is 2.80. The van der Waals surface area contributed by atoms with E-state index < -0.39 is 18.1 Å². The Kier molecular flexibility index (Phi) is 3.41. The van der Waals surface area contributed by atoms with Crippen molar-refractivity contribution in [3.8, 4) is 5.75 Å². The van der Waals surface area contributed by atoms with Crippen molar-refractivity contribution in [2.75, 3.05) is 5.32 Å². The topological polar surface area (TPSA) is 56.1 Å². The van der Waals surface area contributed by atoms with Gasteiger partial charge in [-0.2, -0.15) is 0 Å². The molecule has 0 fully saturated rings. The summed E-state index contributed by atoms with van der Waals surface area (Å²) in [4.78, 5) is 15.3. The normalized spacial score (nSPS) is 11.1. The lowest BCUT2D eigenvalue weighted by atomic mass is 10.3. The molecule has 1 amide bonds. The van der Waals surface area contributed by atoms with E-state index in [1.165, 1.54) is 30.9 Å². The predicted molar refractivity (Wildman–Crippen MR) is 59.8 cm³/mol. The molecular formula is C11H8F3N3O2. The first-order chi connectivity index (χ1) is 8.94. The van der Waals surface area contributed by atoms with Crippen LogP contribution in [0.4, 0.5) is 23.7 Å². The molecule has 1 heterocycles. The number of anilines is 1. The highest BCUT2D eigenvalue weighted by atomic mass is 19.4. The molecule has 0 radical (unpaired) electrons. The van der Waals surface area contributed by atoms with Gasteiger partial charge in [-0.25, -0.2) is 9.78 Å². The van der Waals surface area contributed by atoms with Crippen LogP contribution in [0.2, 0.25) is 0 Å². The summed E-state index contributed by atoms with van der Waals surface area (Å²) in [5.41, 5.74) is 0.181. The van der Waals surface area contributed by atoms with Gasteiger partial charge in [0.1, 0.15) is 12.1 Å². The van der Waals surface area contributed by atoms with Crippen LogP contribution >= 0.6 is 0 Å². The summed E-state index contributed by atoms with van der Waals surface area (Å²) >= 11 is 0. The number of nitrogens with zero attached hydrogens (tertiary/aromatic N) is 2. The van der Waals surface area contributed by atoms with Gasteiger partial charge < -0.3 is 10.1 Å². The second-order valence-electron chi connectivity index (χ2n) is 3.48. The van der Waals surface area contributed by atoms with Crippen molar-refractivity contribution in [2.24, 2.45) is 0 Å². The summed E-state index contributed by atoms with van der Waals surface area (Å²) < 4.78 is 41.0. The molecule has 19 heavy (non-hydrogen) atoms. The highest BCUT2D eigenvalue weighted by molar-refractivity contribution is 5.91. The van der Waals surface area contributed by atoms with Gasteiger partial charge >= 0.3 is 12.4 Å². The SMILES string of the molecule is O=C(Nc1cccc(OC(F)(F)F)c1)n1ccnc1. The van der Waals surface area contributed by atoms with Crippen LogP contribution in [-0.2, 0) is 0 Å². The Labute approximate surface area is 105 Å². The molecular weight excluding hydrogens is 263 g/mol. The molecule has 8 heteroatoms. The van der Waals surface area contributed by atoms with E-state index in [9.17, 15) is 18.0 Å². The molecule has 5 nitrogen and oxygen atoms in total. The largest absolute Gasteiger partial charge is 0.573 e. The van der Waals surface area contributed by atoms with Crippen molar-refractivity contribution in [3.63, 3.8) is 0 Å². The van der Waals surface area contributed by atoms with Gasteiger partial charge in [-0.05, 0) is 12.1 Å². The molecule has 0 saturated carbocycles. The number of nitrogens with one attached hydrogen (secondary N) is 1. The smallest absolute Gasteiger partial charge is 0.406 e. The van der Waals surface area contributed by atoms with Crippen molar-refractivity contribution < 1.29 is 22.7 Å². The number of rotatable bonds is 2. The summed E-state index contributed by atoms with van der Waals surface area (Å²) in [6.45, 7) is 0. The third-order valence-corrected chi connectivity index (χ3v) is 2.06. The molecule has 0 aliphatic heterocycles. The summed E-state index contributed by atoms with van der Waals surface area (Å²) in [6, 6.07) is 4.45. The summed E-state index contributed by atoms with van der Waals surface area (Å²) in [7, 11) is 0. The highest BCUT2D eigenvalue weighted by Crippen LogP contribution is 2.25. The van der Waals surface area contributed by atoms with Gasteiger partial charge in [0.2, 0.25) is 0 Å². The number of hydrogen-bond donors (Lipinski definition) is 1. The Balaban J connectivity index is 2.09. The second kappa shape index (κ2) is 5.01. The van der Waals surface area contributed by atoms with E-state index in [0.29, 0.717) is 0 Å². The molecule has 0 bridgehead atoms. The number of aromatic nitrogens is 2. The summed E-state index contributed by atoms with van der Waals surface area (Å²) in [5.74, 6) is -0.407. The number of benzene rings is 1.